The van der Waals surface area contributed by atoms with E-state index in [1.165, 1.54) is 10.6 Å². The summed E-state index contributed by atoms with van der Waals surface area (Å²) in [6.45, 7) is 0. The summed E-state index contributed by atoms with van der Waals surface area (Å²) in [4.78, 5) is 0. The zero-order chi connectivity index (χ0) is 11.8. The maximum absolute atomic E-state index is 12.0. The summed E-state index contributed by atoms with van der Waals surface area (Å²) >= 11 is 5.63. The quantitative estimate of drug-likeness (QED) is 0.821. The molecule has 0 radical (unpaired) electrons. The van der Waals surface area contributed by atoms with Crippen LogP contribution in [0.25, 0.3) is 5.65 Å². The first kappa shape index (κ1) is 11.1. The minimum Gasteiger partial charge on any atom is -0.196 e. The molecule has 8 heteroatoms. The van der Waals surface area contributed by atoms with E-state index in [-0.39, 0.29) is 17.4 Å². The summed E-state index contributed by atoms with van der Waals surface area (Å²) < 4.78 is 37.3. The number of aryl methyl sites for hydroxylation is 1. The fraction of sp³-hybridized carbons (Fsp3) is 0.375. The average Bonchev–Trinajstić information content (AvgIpc) is 2.56. The van der Waals surface area contributed by atoms with Gasteiger partial charge in [-0.1, -0.05) is 11.6 Å². The molecule has 0 atom stereocenters. The molecule has 86 valence electrons. The molecule has 0 aliphatic heterocycles. The SMILES string of the molecule is FC(F)(F)CCc1nnc2ccc(Cl)nn12. The van der Waals surface area contributed by atoms with Gasteiger partial charge in [0, 0.05) is 6.42 Å². The lowest BCUT2D eigenvalue weighted by Crippen LogP contribution is -2.10. The van der Waals surface area contributed by atoms with Crippen LogP contribution in [-0.4, -0.2) is 26.0 Å². The Morgan fingerprint density at radius 3 is 2.69 bits per heavy atom. The van der Waals surface area contributed by atoms with Gasteiger partial charge in [-0.3, -0.25) is 0 Å². The maximum atomic E-state index is 12.0. The summed E-state index contributed by atoms with van der Waals surface area (Å²) in [5.74, 6) is 0.148. The number of aromatic nitrogens is 4. The van der Waals surface area contributed by atoms with Crippen molar-refractivity contribution in [1.29, 1.82) is 0 Å². The first-order chi connectivity index (χ1) is 7.46. The van der Waals surface area contributed by atoms with Crippen molar-refractivity contribution >= 4 is 17.2 Å². The Morgan fingerprint density at radius 1 is 1.25 bits per heavy atom. The van der Waals surface area contributed by atoms with E-state index in [1.807, 2.05) is 0 Å². The number of rotatable bonds is 2. The highest BCUT2D eigenvalue weighted by molar-refractivity contribution is 6.29. The van der Waals surface area contributed by atoms with Crippen LogP contribution in [0.5, 0.6) is 0 Å². The second kappa shape index (κ2) is 3.89. The number of hydrogen-bond acceptors (Lipinski definition) is 3. The van der Waals surface area contributed by atoms with E-state index in [9.17, 15) is 13.2 Å². The molecule has 0 aliphatic rings. The third-order valence-electron chi connectivity index (χ3n) is 1.93. The molecule has 2 heterocycles. The third-order valence-corrected chi connectivity index (χ3v) is 2.13. The molecule has 0 amide bonds. The third kappa shape index (κ3) is 2.41. The largest absolute Gasteiger partial charge is 0.389 e. The smallest absolute Gasteiger partial charge is 0.196 e. The summed E-state index contributed by atoms with van der Waals surface area (Å²) in [5, 5.41) is 11.3. The van der Waals surface area contributed by atoms with Crippen LogP contribution in [-0.2, 0) is 6.42 Å². The first-order valence-corrected chi connectivity index (χ1v) is 4.77. The van der Waals surface area contributed by atoms with Crippen molar-refractivity contribution in [3.05, 3.63) is 23.1 Å². The molecule has 2 aromatic rings. The van der Waals surface area contributed by atoms with Crippen molar-refractivity contribution < 1.29 is 13.2 Å². The fourth-order valence-corrected chi connectivity index (χ4v) is 1.36. The zero-order valence-electron chi connectivity index (χ0n) is 7.87. The lowest BCUT2D eigenvalue weighted by molar-refractivity contribution is -0.134. The molecule has 0 aromatic carbocycles. The van der Waals surface area contributed by atoms with Crippen LogP contribution >= 0.6 is 11.6 Å². The Bertz CT molecular complexity index is 507. The van der Waals surface area contributed by atoms with Crippen LogP contribution in [0.4, 0.5) is 13.2 Å². The Labute approximate surface area is 93.0 Å². The van der Waals surface area contributed by atoms with Crippen molar-refractivity contribution in [3.63, 3.8) is 0 Å². The minimum atomic E-state index is -4.22. The first-order valence-electron chi connectivity index (χ1n) is 4.39. The van der Waals surface area contributed by atoms with E-state index in [1.54, 1.807) is 6.07 Å². The second-order valence-electron chi connectivity index (χ2n) is 3.16. The van der Waals surface area contributed by atoms with E-state index in [0.29, 0.717) is 5.65 Å². The number of hydrogen-bond donors (Lipinski definition) is 0. The number of alkyl halides is 3. The van der Waals surface area contributed by atoms with Crippen LogP contribution in [0.1, 0.15) is 12.2 Å². The lowest BCUT2D eigenvalue weighted by atomic mass is 10.3. The Morgan fingerprint density at radius 2 is 2.00 bits per heavy atom. The fourth-order valence-electron chi connectivity index (χ4n) is 1.22. The zero-order valence-corrected chi connectivity index (χ0v) is 8.63. The van der Waals surface area contributed by atoms with Gasteiger partial charge in [0.2, 0.25) is 0 Å². The van der Waals surface area contributed by atoms with E-state index >= 15 is 0 Å². The monoisotopic (exact) mass is 250 g/mol. The normalized spacial score (nSPS) is 12.2. The van der Waals surface area contributed by atoms with Gasteiger partial charge in [0.15, 0.2) is 11.5 Å². The van der Waals surface area contributed by atoms with E-state index in [4.69, 9.17) is 11.6 Å². The highest BCUT2D eigenvalue weighted by Gasteiger charge is 2.27. The second-order valence-corrected chi connectivity index (χ2v) is 3.54. The van der Waals surface area contributed by atoms with Gasteiger partial charge < -0.3 is 0 Å². The van der Waals surface area contributed by atoms with Crippen molar-refractivity contribution in [1.82, 2.24) is 19.8 Å². The van der Waals surface area contributed by atoms with Gasteiger partial charge in [0.25, 0.3) is 0 Å². The average molecular weight is 251 g/mol. The van der Waals surface area contributed by atoms with Crippen molar-refractivity contribution in [3.8, 4) is 0 Å². The maximum Gasteiger partial charge on any atom is 0.389 e. The summed E-state index contributed by atoms with van der Waals surface area (Å²) in [7, 11) is 0. The molecule has 0 saturated heterocycles. The molecule has 4 nitrogen and oxygen atoms in total. The van der Waals surface area contributed by atoms with Gasteiger partial charge in [0.05, 0.1) is 6.42 Å². The van der Waals surface area contributed by atoms with Crippen LogP contribution in [0.2, 0.25) is 5.15 Å². The highest BCUT2D eigenvalue weighted by atomic mass is 35.5. The predicted octanol–water partition coefficient (Wildman–Crippen LogP) is 2.27. The number of nitrogens with zero attached hydrogens (tertiary/aromatic N) is 4. The summed E-state index contributed by atoms with van der Waals surface area (Å²) in [6, 6.07) is 3.04. The summed E-state index contributed by atoms with van der Waals surface area (Å²) in [6.07, 6.45) is -5.44. The molecule has 0 bridgehead atoms. The molecular weight excluding hydrogens is 245 g/mol. The van der Waals surface area contributed by atoms with Gasteiger partial charge in [-0.25, -0.2) is 0 Å². The summed E-state index contributed by atoms with van der Waals surface area (Å²) in [5.41, 5.74) is 0.376. The van der Waals surface area contributed by atoms with E-state index in [0.717, 1.165) is 0 Å². The molecule has 2 rings (SSSR count). The molecule has 0 N–H and O–H groups in total. The molecule has 0 fully saturated rings. The van der Waals surface area contributed by atoms with Crippen molar-refractivity contribution in [2.75, 3.05) is 0 Å². The number of halogens is 4. The number of fused-ring (bicyclic) bond motifs is 1. The molecule has 16 heavy (non-hydrogen) atoms. The highest BCUT2D eigenvalue weighted by Crippen LogP contribution is 2.21. The molecule has 0 spiro atoms. The van der Waals surface area contributed by atoms with Gasteiger partial charge >= 0.3 is 6.18 Å². The molecular formula is C8H6ClF3N4. The van der Waals surface area contributed by atoms with Gasteiger partial charge in [-0.2, -0.15) is 22.8 Å². The van der Waals surface area contributed by atoms with Crippen molar-refractivity contribution in [2.24, 2.45) is 0 Å². The van der Waals surface area contributed by atoms with Crippen LogP contribution in [0, 0.1) is 0 Å². The molecule has 0 aliphatic carbocycles. The standard InChI is InChI=1S/C8H6ClF3N4/c9-5-1-2-6-13-14-7(16(6)15-5)3-4-8(10,11)12/h1-2H,3-4H2. The van der Waals surface area contributed by atoms with Gasteiger partial charge in [-0.15, -0.1) is 10.2 Å². The van der Waals surface area contributed by atoms with Gasteiger partial charge in [-0.05, 0) is 12.1 Å². The lowest BCUT2D eigenvalue weighted by Gasteiger charge is -2.03. The Hall–Kier alpha value is -1.37. The molecule has 2 aromatic heterocycles. The predicted molar refractivity (Wildman–Crippen MR) is 50.2 cm³/mol. The molecule has 0 unspecified atom stereocenters. The van der Waals surface area contributed by atoms with Gasteiger partial charge in [0.1, 0.15) is 5.15 Å². The van der Waals surface area contributed by atoms with Crippen LogP contribution in [0.3, 0.4) is 0 Å². The van der Waals surface area contributed by atoms with E-state index < -0.39 is 12.6 Å². The Balaban J connectivity index is 2.28. The van der Waals surface area contributed by atoms with E-state index in [2.05, 4.69) is 15.3 Å². The minimum absolute atomic E-state index is 0.148. The molecule has 0 saturated carbocycles. The van der Waals surface area contributed by atoms with Crippen LogP contribution in [0.15, 0.2) is 12.1 Å². The topological polar surface area (TPSA) is 43.1 Å². The van der Waals surface area contributed by atoms with Crippen LogP contribution < -0.4 is 0 Å². The Kier molecular flexibility index (Phi) is 2.71. The van der Waals surface area contributed by atoms with Crippen molar-refractivity contribution in [2.45, 2.75) is 19.0 Å².